The Kier molecular flexibility index (Phi) is 23.0. The monoisotopic (exact) mass is 1570 g/mol. The summed E-state index contributed by atoms with van der Waals surface area (Å²) in [6, 6.07) is 52.3. The number of aryl methyl sites for hydroxylation is 2. The Labute approximate surface area is 448 Å². The van der Waals surface area contributed by atoms with Gasteiger partial charge in [0.15, 0.2) is 22.1 Å². The zero-order valence-electron chi connectivity index (χ0n) is 33.2. The van der Waals surface area contributed by atoms with Crippen molar-refractivity contribution < 1.29 is 129 Å². The summed E-state index contributed by atoms with van der Waals surface area (Å²) in [4.78, 5) is 8.65. The fraction of sp³-hybridized carbons (Fsp3) is 0.0909. The molecule has 18 heteroatoms. The molecule has 0 fully saturated rings. The van der Waals surface area contributed by atoms with E-state index in [1.54, 1.807) is 18.8 Å². The third-order valence-electron chi connectivity index (χ3n) is 9.91. The van der Waals surface area contributed by atoms with Crippen molar-refractivity contribution in [2.24, 2.45) is 14.1 Å². The summed E-state index contributed by atoms with van der Waals surface area (Å²) < 4.78 is 16.6. The Morgan fingerprint density at radius 3 is 1.31 bits per heavy atom. The van der Waals surface area contributed by atoms with Gasteiger partial charge in [0.25, 0.3) is 0 Å². The number of hydrogen-bond donors (Lipinski definition) is 0. The molecule has 0 unspecified atom stereocenters. The van der Waals surface area contributed by atoms with Crippen molar-refractivity contribution in [3.63, 3.8) is 0 Å². The van der Waals surface area contributed by atoms with Crippen LogP contribution in [0.5, 0.6) is 0 Å². The predicted molar refractivity (Wildman–Crippen MR) is 229 cm³/mol. The molecule has 0 spiro atoms. The van der Waals surface area contributed by atoms with Gasteiger partial charge in [0.2, 0.25) is 12.7 Å². The number of nitrogens with zero attached hydrogens (tertiary/aromatic N) is 8. The van der Waals surface area contributed by atoms with Crippen molar-refractivity contribution in [3.05, 3.63) is 172 Å². The quantitative estimate of drug-likeness (QED) is 0.115. The first-order valence-corrected chi connectivity index (χ1v) is 26.7. The van der Waals surface area contributed by atoms with Gasteiger partial charge in [-0.3, -0.25) is 0 Å². The molecule has 341 valence electrons. The Hall–Kier alpha value is -1.99. The van der Waals surface area contributed by atoms with Crippen molar-refractivity contribution >= 4 is 84.4 Å². The molecule has 0 bridgehead atoms. The van der Waals surface area contributed by atoms with Crippen molar-refractivity contribution in [2.45, 2.75) is 0 Å². The van der Waals surface area contributed by atoms with Gasteiger partial charge in [0, 0.05) is 45.9 Å². The van der Waals surface area contributed by atoms with Crippen LogP contribution in [0.1, 0.15) is 0 Å². The van der Waals surface area contributed by atoms with E-state index in [0.717, 1.165) is 22.7 Å². The normalized spacial score (nSPS) is 11.9. The Balaban J connectivity index is 0.000000277. The van der Waals surface area contributed by atoms with Gasteiger partial charge < -0.3 is 67.6 Å². The number of imidazole rings is 2. The first-order valence-electron chi connectivity index (χ1n) is 17.9. The van der Waals surface area contributed by atoms with Gasteiger partial charge in [-0.05, 0) is 74.8 Å². The molecule has 0 amide bonds. The van der Waals surface area contributed by atoms with E-state index in [-0.39, 0.29) is 65.0 Å². The molecule has 6 aromatic carbocycles. The van der Waals surface area contributed by atoms with E-state index in [4.69, 9.17) is 22.7 Å². The zero-order chi connectivity index (χ0) is 42.1. The van der Waals surface area contributed by atoms with E-state index in [2.05, 4.69) is 263 Å². The zero-order valence-corrected chi connectivity index (χ0v) is 46.2. The number of fused-ring (bicyclic) bond motifs is 4. The minimum absolute atomic E-state index is 0. The van der Waals surface area contributed by atoms with Gasteiger partial charge in [-0.2, -0.15) is 28.5 Å². The second kappa shape index (κ2) is 26.2. The summed E-state index contributed by atoms with van der Waals surface area (Å²) in [5, 5.41) is 0. The van der Waals surface area contributed by atoms with Gasteiger partial charge >= 0.3 is 83.3 Å². The summed E-state index contributed by atoms with van der Waals surface area (Å²) in [5.41, 5.74) is 13.9. The van der Waals surface area contributed by atoms with E-state index in [1.807, 2.05) is 0 Å². The molecule has 9 nitrogen and oxygen atoms in total. The molecule has 2 aromatic heterocycles. The third kappa shape index (κ3) is 11.9. The summed E-state index contributed by atoms with van der Waals surface area (Å²) in [6.07, 6.45) is 4.27. The van der Waals surface area contributed by atoms with Gasteiger partial charge in [0.1, 0.15) is 11.4 Å². The average molecular weight is 1570 g/mol. The molecule has 8 aromatic rings. The first-order chi connectivity index (χ1) is 28.9. The van der Waals surface area contributed by atoms with Gasteiger partial charge in [-0.1, -0.05) is 54.6 Å². The molecule has 4 heterocycles. The number of anilines is 6. The number of para-hydroxylation sites is 8. The number of rotatable bonds is 4. The van der Waals surface area contributed by atoms with Crippen LogP contribution in [0.25, 0.3) is 33.4 Å². The van der Waals surface area contributed by atoms with Crippen molar-refractivity contribution in [2.75, 3.05) is 33.7 Å². The van der Waals surface area contributed by atoms with Crippen LogP contribution in [0.3, 0.4) is 0 Å². The van der Waals surface area contributed by atoms with E-state index in [1.165, 1.54) is 44.8 Å². The summed E-state index contributed by atoms with van der Waals surface area (Å²) >= 11 is 4.08. The Bertz CT molecular complexity index is 2510. The molecule has 0 saturated carbocycles. The minimum atomic E-state index is -0.472. The predicted octanol–water partition coefficient (Wildman–Crippen LogP) is 4.07. The van der Waals surface area contributed by atoms with Crippen molar-refractivity contribution in [1.82, 2.24) is 9.13 Å². The van der Waals surface area contributed by atoms with Crippen molar-refractivity contribution in [1.29, 1.82) is 0 Å². The first kappa shape index (κ1) is 54.3. The fourth-order valence-corrected chi connectivity index (χ4v) is 7.37. The number of benzene rings is 6. The number of halogens is 5. The van der Waals surface area contributed by atoms with E-state index in [9.17, 15) is 0 Å². The van der Waals surface area contributed by atoms with Crippen LogP contribution in [0.4, 0.5) is 34.1 Å². The number of aromatic nitrogens is 4. The maximum atomic E-state index is 7.81. The molecule has 2 aliphatic heterocycles. The molecule has 0 N–H and O–H groups in total. The van der Waals surface area contributed by atoms with Crippen LogP contribution in [0, 0.1) is 19.4 Å². The molecule has 1 radical (unpaired) electrons. The standard InChI is InChI=1S/C22H20N4.C22H19N4.3ClH.2Cu.2HI.O.2Pt/c2*1-23-15-25(21-12-5-3-10-19(21)23)17-8-7-9-18(14-17)26-16-24(2)20-11-4-6-13-22(20)26;;;;;;;;;;/h3-16H,1-2H3;3-13,15-16H,1-2H3;3*1H;;;2*1H;;;/q+2;-3;;;;;;;;;+1;+2/p-5. The Morgan fingerprint density at radius 2 is 0.903 bits per heavy atom. The van der Waals surface area contributed by atoms with Crippen LogP contribution in [0.15, 0.2) is 152 Å². The van der Waals surface area contributed by atoms with Gasteiger partial charge in [-0.15, -0.1) is 29.6 Å². The van der Waals surface area contributed by atoms with Crippen LogP contribution < -0.4 is 76.7 Å². The van der Waals surface area contributed by atoms with E-state index in [0.29, 0.717) is 0 Å². The molecular weight excluding hydrogens is 1530 g/mol. The van der Waals surface area contributed by atoms with Crippen LogP contribution in [-0.4, -0.2) is 23.2 Å². The third-order valence-corrected chi connectivity index (χ3v) is 9.91. The van der Waals surface area contributed by atoms with Crippen LogP contribution in [0.2, 0.25) is 0 Å². The molecule has 0 atom stereocenters. The second-order valence-electron chi connectivity index (χ2n) is 13.3. The average Bonchev–Trinajstić information content (AvgIpc) is 4.03. The van der Waals surface area contributed by atoms with Gasteiger partial charge in [-0.25, -0.2) is 9.13 Å². The van der Waals surface area contributed by atoms with Crippen molar-refractivity contribution in [3.8, 4) is 11.4 Å². The fourth-order valence-electron chi connectivity index (χ4n) is 7.37. The molecule has 2 aliphatic rings. The topological polar surface area (TPSA) is 47.6 Å². The van der Waals surface area contributed by atoms with Crippen LogP contribution in [-0.2, 0) is 86.2 Å². The Morgan fingerprint density at radius 1 is 0.565 bits per heavy atom. The van der Waals surface area contributed by atoms with E-state index >= 15 is 0 Å². The van der Waals surface area contributed by atoms with Crippen LogP contribution >= 0.6 is 28.3 Å². The van der Waals surface area contributed by atoms with Gasteiger partial charge in [0.05, 0.1) is 14.1 Å². The molecule has 0 saturated heterocycles. The summed E-state index contributed by atoms with van der Waals surface area (Å²) in [6.45, 7) is 4.21. The molecule has 62 heavy (non-hydrogen) atoms. The SMILES string of the molecule is CN1[CH-]N(c2[c-]c(N3[CH-]N(C)c4ccccc43)ccc2)c2ccccc21.C[n+]1cn(-c2cccc(-n3c[n+](C)c4ccccc43)c2)c2ccccc21.[Cl][Pt].[Cl][Pt][Cl].[Cu].[I-].[I-].[O]=[Cu]. The molecule has 10 rings (SSSR count). The maximum absolute atomic E-state index is 7.81. The van der Waals surface area contributed by atoms with E-state index < -0.39 is 16.5 Å². The summed E-state index contributed by atoms with van der Waals surface area (Å²) in [5.74, 6) is 0. The second-order valence-corrected chi connectivity index (χ2v) is 16.6. The number of hydrogen-bond acceptors (Lipinski definition) is 5. The molecule has 0 aliphatic carbocycles. The summed E-state index contributed by atoms with van der Waals surface area (Å²) in [7, 11) is 22.7. The molecular formula is C44H39Cl3Cu2I2N8OPt2-3.